The fourth-order valence-corrected chi connectivity index (χ4v) is 2.34. The monoisotopic (exact) mass is 225 g/mol. The molecule has 0 unspecified atom stereocenters. The molecule has 1 aliphatic rings. The molecule has 1 aromatic rings. The highest BCUT2D eigenvalue weighted by Gasteiger charge is 2.45. The van der Waals surface area contributed by atoms with Crippen LogP contribution < -0.4 is 5.73 Å². The molecule has 2 rings (SSSR count). The number of hydrogen-bond donors (Lipinski definition) is 2. The predicted molar refractivity (Wildman–Crippen MR) is 57.6 cm³/mol. The lowest BCUT2D eigenvalue weighted by molar-refractivity contribution is -0.122. The number of carbonyl (C=O) groups excluding carboxylic acids is 1. The predicted octanol–water partition coefficient (Wildman–Crippen LogP) is 1.22. The number of benzene rings is 1. The summed E-state index contributed by atoms with van der Waals surface area (Å²) in [6.07, 6.45) is -0.295. The van der Waals surface area contributed by atoms with Crippen molar-refractivity contribution in [1.82, 2.24) is 0 Å². The minimum atomic E-state index is -1.11. The lowest BCUT2D eigenvalue weighted by Crippen LogP contribution is -2.41. The molecule has 1 aromatic carbocycles. The van der Waals surface area contributed by atoms with Gasteiger partial charge in [-0.2, -0.15) is 0 Å². The Hall–Kier alpha value is -0.900. The minimum Gasteiger partial charge on any atom is -0.393 e. The van der Waals surface area contributed by atoms with Gasteiger partial charge >= 0.3 is 0 Å². The molecule has 0 saturated heterocycles. The number of aliphatic hydroxyl groups is 1. The van der Waals surface area contributed by atoms with E-state index in [4.69, 9.17) is 17.3 Å². The third-order valence-electron chi connectivity index (χ3n) is 2.83. The van der Waals surface area contributed by atoms with E-state index in [0.717, 1.165) is 0 Å². The van der Waals surface area contributed by atoms with Crippen molar-refractivity contribution in [3.8, 4) is 0 Å². The van der Waals surface area contributed by atoms with Gasteiger partial charge < -0.3 is 10.8 Å². The van der Waals surface area contributed by atoms with Crippen LogP contribution in [0, 0.1) is 0 Å². The summed E-state index contributed by atoms with van der Waals surface area (Å²) in [4.78, 5) is 11.7. The van der Waals surface area contributed by atoms with Gasteiger partial charge in [-0.15, -0.1) is 0 Å². The average Bonchev–Trinajstić information content (AvgIpc) is 2.42. The first kappa shape index (κ1) is 10.6. The van der Waals surface area contributed by atoms with Gasteiger partial charge in [0.1, 0.15) is 5.54 Å². The van der Waals surface area contributed by atoms with E-state index in [0.29, 0.717) is 10.6 Å². The summed E-state index contributed by atoms with van der Waals surface area (Å²) in [5, 5.41) is 9.92. The fourth-order valence-electron chi connectivity index (χ4n) is 2.04. The Kier molecular flexibility index (Phi) is 2.54. The van der Waals surface area contributed by atoms with E-state index in [9.17, 15) is 9.90 Å². The topological polar surface area (TPSA) is 63.3 Å². The van der Waals surface area contributed by atoms with Crippen LogP contribution in [0.15, 0.2) is 24.3 Å². The number of Topliss-reactive ketones (excluding diaryl/α,β-unsaturated/α-hetero) is 1. The molecule has 3 N–H and O–H groups in total. The molecular weight excluding hydrogens is 214 g/mol. The van der Waals surface area contributed by atoms with Crippen molar-refractivity contribution in [1.29, 1.82) is 0 Å². The number of rotatable bonds is 1. The maximum Gasteiger partial charge on any atom is 0.159 e. The van der Waals surface area contributed by atoms with Gasteiger partial charge in [0.25, 0.3) is 0 Å². The first-order valence-corrected chi connectivity index (χ1v) is 5.17. The quantitative estimate of drug-likeness (QED) is 0.756. The third-order valence-corrected chi connectivity index (χ3v) is 3.16. The highest BCUT2D eigenvalue weighted by Crippen LogP contribution is 2.36. The van der Waals surface area contributed by atoms with Crippen LogP contribution in [0.25, 0.3) is 0 Å². The lowest BCUT2D eigenvalue weighted by Gasteiger charge is -2.23. The van der Waals surface area contributed by atoms with Gasteiger partial charge in [-0.3, -0.25) is 4.79 Å². The SMILES string of the molecule is N[C@@]1(c2ccccc2Cl)C[C@@H](O)CC1=O. The maximum absolute atomic E-state index is 11.7. The number of ketones is 1. The smallest absolute Gasteiger partial charge is 0.159 e. The molecular formula is C11H12ClNO2. The van der Waals surface area contributed by atoms with Crippen molar-refractivity contribution in [3.05, 3.63) is 34.9 Å². The number of aliphatic hydroxyl groups excluding tert-OH is 1. The molecule has 1 fully saturated rings. The molecule has 1 aliphatic carbocycles. The molecule has 4 heteroatoms. The summed E-state index contributed by atoms with van der Waals surface area (Å²) in [6, 6.07) is 7.00. The molecule has 2 atom stereocenters. The van der Waals surface area contributed by atoms with Crippen molar-refractivity contribution in [3.63, 3.8) is 0 Å². The second kappa shape index (κ2) is 3.59. The van der Waals surface area contributed by atoms with E-state index in [1.807, 2.05) is 0 Å². The summed E-state index contributed by atoms with van der Waals surface area (Å²) in [5.41, 5.74) is 5.51. The Morgan fingerprint density at radius 2 is 2.13 bits per heavy atom. The van der Waals surface area contributed by atoms with Gasteiger partial charge in [-0.25, -0.2) is 0 Å². The molecule has 3 nitrogen and oxygen atoms in total. The zero-order valence-corrected chi connectivity index (χ0v) is 8.87. The molecule has 1 saturated carbocycles. The largest absolute Gasteiger partial charge is 0.393 e. The lowest BCUT2D eigenvalue weighted by atomic mass is 9.88. The van der Waals surface area contributed by atoms with Crippen LogP contribution in [0.1, 0.15) is 18.4 Å². The van der Waals surface area contributed by atoms with Gasteiger partial charge in [0.05, 0.1) is 6.10 Å². The van der Waals surface area contributed by atoms with E-state index in [2.05, 4.69) is 0 Å². The molecule has 0 heterocycles. The first-order valence-electron chi connectivity index (χ1n) is 4.79. The van der Waals surface area contributed by atoms with Crippen LogP contribution in [-0.2, 0) is 10.3 Å². The van der Waals surface area contributed by atoms with Crippen LogP contribution in [0.2, 0.25) is 5.02 Å². The van der Waals surface area contributed by atoms with E-state index < -0.39 is 11.6 Å². The standard InChI is InChI=1S/C11H12ClNO2/c12-9-4-2-1-3-8(9)11(13)6-7(14)5-10(11)15/h1-4,7,14H,5-6,13H2/t7-,11+/m0/s1. The Morgan fingerprint density at radius 1 is 1.47 bits per heavy atom. The van der Waals surface area contributed by atoms with E-state index in [1.54, 1.807) is 24.3 Å². The summed E-state index contributed by atoms with van der Waals surface area (Å²) >= 11 is 5.99. The summed E-state index contributed by atoms with van der Waals surface area (Å²) in [7, 11) is 0. The van der Waals surface area contributed by atoms with E-state index in [-0.39, 0.29) is 18.6 Å². The van der Waals surface area contributed by atoms with Crippen molar-refractivity contribution in [2.24, 2.45) is 5.73 Å². The minimum absolute atomic E-state index is 0.113. The average molecular weight is 226 g/mol. The summed E-state index contributed by atoms with van der Waals surface area (Å²) in [6.45, 7) is 0. The molecule has 0 radical (unpaired) electrons. The van der Waals surface area contributed by atoms with Crippen LogP contribution >= 0.6 is 11.6 Å². The molecule has 80 valence electrons. The molecule has 0 bridgehead atoms. The number of hydrogen-bond acceptors (Lipinski definition) is 3. The van der Waals surface area contributed by atoms with Gasteiger partial charge in [0.15, 0.2) is 5.78 Å². The Labute approximate surface area is 92.8 Å². The van der Waals surface area contributed by atoms with Gasteiger partial charge in [-0.05, 0) is 11.6 Å². The summed E-state index contributed by atoms with van der Waals surface area (Å²) in [5.74, 6) is -0.150. The molecule has 0 aliphatic heterocycles. The van der Waals surface area contributed by atoms with Crippen LogP contribution in [0.5, 0.6) is 0 Å². The Balaban J connectivity index is 2.46. The van der Waals surface area contributed by atoms with Gasteiger partial charge in [0, 0.05) is 17.9 Å². The van der Waals surface area contributed by atoms with Crippen molar-refractivity contribution in [2.75, 3.05) is 0 Å². The second-order valence-corrected chi connectivity index (χ2v) is 4.34. The number of halogens is 1. The number of carbonyl (C=O) groups is 1. The second-order valence-electron chi connectivity index (χ2n) is 3.94. The van der Waals surface area contributed by atoms with E-state index >= 15 is 0 Å². The van der Waals surface area contributed by atoms with Crippen molar-refractivity contribution < 1.29 is 9.90 Å². The first-order chi connectivity index (χ1) is 7.04. The van der Waals surface area contributed by atoms with Crippen LogP contribution in [0.4, 0.5) is 0 Å². The van der Waals surface area contributed by atoms with Crippen LogP contribution in [0.3, 0.4) is 0 Å². The van der Waals surface area contributed by atoms with Crippen molar-refractivity contribution >= 4 is 17.4 Å². The molecule has 15 heavy (non-hydrogen) atoms. The van der Waals surface area contributed by atoms with Gasteiger partial charge in [0.2, 0.25) is 0 Å². The van der Waals surface area contributed by atoms with Gasteiger partial charge in [-0.1, -0.05) is 29.8 Å². The highest BCUT2D eigenvalue weighted by atomic mass is 35.5. The Bertz CT molecular complexity index is 407. The molecule has 0 aromatic heterocycles. The number of nitrogens with two attached hydrogens (primary N) is 1. The van der Waals surface area contributed by atoms with E-state index in [1.165, 1.54) is 0 Å². The summed E-state index contributed by atoms with van der Waals surface area (Å²) < 4.78 is 0. The molecule has 0 amide bonds. The zero-order valence-electron chi connectivity index (χ0n) is 8.11. The zero-order chi connectivity index (χ0) is 11.1. The highest BCUT2D eigenvalue weighted by molar-refractivity contribution is 6.31. The van der Waals surface area contributed by atoms with Crippen molar-refractivity contribution in [2.45, 2.75) is 24.5 Å². The Morgan fingerprint density at radius 3 is 2.67 bits per heavy atom. The maximum atomic E-state index is 11.7. The van der Waals surface area contributed by atoms with Crippen LogP contribution in [-0.4, -0.2) is 17.0 Å². The fraction of sp³-hybridized carbons (Fsp3) is 0.364. The third kappa shape index (κ3) is 1.67. The normalized spacial score (nSPS) is 30.9. The molecule has 0 spiro atoms.